The Morgan fingerprint density at radius 2 is 2.12 bits per heavy atom. The number of ether oxygens (including phenoxy) is 1. The lowest BCUT2D eigenvalue weighted by Crippen LogP contribution is -2.53. The van der Waals surface area contributed by atoms with Crippen LogP contribution in [0.5, 0.6) is 0 Å². The Morgan fingerprint density at radius 3 is 2.81 bits per heavy atom. The van der Waals surface area contributed by atoms with E-state index < -0.39 is 0 Å². The molecule has 0 bridgehead atoms. The predicted molar refractivity (Wildman–Crippen MR) is 62.0 cm³/mol. The Morgan fingerprint density at radius 1 is 1.31 bits per heavy atom. The summed E-state index contributed by atoms with van der Waals surface area (Å²) in [6, 6.07) is 0. The summed E-state index contributed by atoms with van der Waals surface area (Å²) in [5.74, 6) is 0.191. The lowest BCUT2D eigenvalue weighted by Gasteiger charge is -2.44. The molecule has 0 saturated carbocycles. The monoisotopic (exact) mass is 226 g/mol. The smallest absolute Gasteiger partial charge is 0.223 e. The summed E-state index contributed by atoms with van der Waals surface area (Å²) in [5, 5.41) is 0. The largest absolute Gasteiger partial charge is 0.373 e. The molecule has 2 rings (SSSR count). The quantitative estimate of drug-likeness (QED) is 0.761. The zero-order chi connectivity index (χ0) is 11.4. The number of carbonyl (C=O) groups excluding carboxylic acids is 1. The highest BCUT2D eigenvalue weighted by Gasteiger charge is 2.38. The third kappa shape index (κ3) is 2.55. The topological polar surface area (TPSA) is 55.6 Å². The Hall–Kier alpha value is -0.610. The summed E-state index contributed by atoms with van der Waals surface area (Å²) >= 11 is 0. The minimum atomic E-state index is -0.0270. The minimum absolute atomic E-state index is 0.0270. The van der Waals surface area contributed by atoms with Crippen molar-refractivity contribution in [3.05, 3.63) is 0 Å². The normalized spacial score (nSPS) is 30.7. The number of hydrogen-bond acceptors (Lipinski definition) is 3. The van der Waals surface area contributed by atoms with E-state index in [0.717, 1.165) is 39.0 Å². The van der Waals surface area contributed by atoms with Crippen LogP contribution in [-0.2, 0) is 9.53 Å². The van der Waals surface area contributed by atoms with E-state index in [1.165, 1.54) is 12.8 Å². The molecular weight excluding hydrogens is 204 g/mol. The van der Waals surface area contributed by atoms with Crippen molar-refractivity contribution in [1.29, 1.82) is 0 Å². The highest BCUT2D eigenvalue weighted by atomic mass is 16.5. The Labute approximate surface area is 97.1 Å². The second-order valence-corrected chi connectivity index (χ2v) is 4.95. The van der Waals surface area contributed by atoms with Gasteiger partial charge in [-0.3, -0.25) is 4.79 Å². The second kappa shape index (κ2) is 5.15. The number of hydrogen-bond donors (Lipinski definition) is 1. The maximum atomic E-state index is 11.8. The van der Waals surface area contributed by atoms with E-state index in [2.05, 4.69) is 0 Å². The van der Waals surface area contributed by atoms with Crippen molar-refractivity contribution in [3.8, 4) is 0 Å². The predicted octanol–water partition coefficient (Wildman–Crippen LogP) is 0.897. The van der Waals surface area contributed by atoms with E-state index in [0.29, 0.717) is 13.0 Å². The molecule has 0 aromatic heterocycles. The van der Waals surface area contributed by atoms with Crippen molar-refractivity contribution in [2.24, 2.45) is 5.73 Å². The fraction of sp³-hybridized carbons (Fsp3) is 0.917. The summed E-state index contributed by atoms with van der Waals surface area (Å²) in [4.78, 5) is 13.8. The van der Waals surface area contributed by atoms with Gasteiger partial charge in [-0.15, -0.1) is 0 Å². The fourth-order valence-electron chi connectivity index (χ4n) is 2.82. The summed E-state index contributed by atoms with van der Waals surface area (Å²) in [6.07, 6.45) is 6.16. The van der Waals surface area contributed by atoms with Crippen LogP contribution in [0.4, 0.5) is 0 Å². The van der Waals surface area contributed by atoms with Gasteiger partial charge in [-0.2, -0.15) is 0 Å². The number of rotatable bonds is 2. The molecule has 0 aromatic rings. The zero-order valence-electron chi connectivity index (χ0n) is 9.91. The van der Waals surface area contributed by atoms with Gasteiger partial charge in [0.2, 0.25) is 5.91 Å². The Kier molecular flexibility index (Phi) is 3.82. The molecule has 4 nitrogen and oxygen atoms in total. The van der Waals surface area contributed by atoms with Crippen molar-refractivity contribution < 1.29 is 9.53 Å². The maximum absolute atomic E-state index is 11.8. The number of carbonyl (C=O) groups is 1. The van der Waals surface area contributed by atoms with Crippen molar-refractivity contribution >= 4 is 5.91 Å². The molecule has 1 atom stereocenters. The molecule has 0 radical (unpaired) electrons. The average molecular weight is 226 g/mol. The van der Waals surface area contributed by atoms with Crippen LogP contribution in [-0.4, -0.2) is 42.6 Å². The maximum Gasteiger partial charge on any atom is 0.223 e. The van der Waals surface area contributed by atoms with Gasteiger partial charge in [-0.25, -0.2) is 0 Å². The lowest BCUT2D eigenvalue weighted by molar-refractivity contribution is -0.148. The molecule has 0 aromatic carbocycles. The van der Waals surface area contributed by atoms with E-state index in [4.69, 9.17) is 10.5 Å². The summed E-state index contributed by atoms with van der Waals surface area (Å²) in [5.41, 5.74) is 5.40. The van der Waals surface area contributed by atoms with Gasteiger partial charge < -0.3 is 15.4 Å². The third-order valence-electron chi connectivity index (χ3n) is 3.69. The van der Waals surface area contributed by atoms with E-state index in [1.54, 1.807) is 0 Å². The van der Waals surface area contributed by atoms with Crippen LogP contribution in [0.2, 0.25) is 0 Å². The number of nitrogens with two attached hydrogens (primary N) is 1. The number of nitrogens with zero attached hydrogens (tertiary/aromatic N) is 1. The van der Waals surface area contributed by atoms with Gasteiger partial charge in [0.15, 0.2) is 0 Å². The first-order valence-corrected chi connectivity index (χ1v) is 6.38. The summed E-state index contributed by atoms with van der Waals surface area (Å²) in [7, 11) is 0. The van der Waals surface area contributed by atoms with Crippen LogP contribution < -0.4 is 5.73 Å². The molecule has 0 aliphatic carbocycles. The molecule has 1 amide bonds. The SMILES string of the molecule is NCCC(=O)N1CCC[C@]2(CCCCO2)C1. The minimum Gasteiger partial charge on any atom is -0.373 e. The van der Waals surface area contributed by atoms with Gasteiger partial charge in [0, 0.05) is 32.7 Å². The first-order chi connectivity index (χ1) is 7.76. The van der Waals surface area contributed by atoms with E-state index in [-0.39, 0.29) is 11.5 Å². The van der Waals surface area contributed by atoms with Crippen LogP contribution in [0.25, 0.3) is 0 Å². The second-order valence-electron chi connectivity index (χ2n) is 4.95. The number of amides is 1. The molecule has 2 N–H and O–H groups in total. The van der Waals surface area contributed by atoms with Crippen LogP contribution in [0.15, 0.2) is 0 Å². The molecule has 1 spiro atoms. The lowest BCUT2D eigenvalue weighted by atomic mass is 9.85. The molecule has 2 aliphatic rings. The van der Waals surface area contributed by atoms with E-state index in [1.807, 2.05) is 4.90 Å². The van der Waals surface area contributed by atoms with Gasteiger partial charge in [-0.05, 0) is 32.1 Å². The zero-order valence-corrected chi connectivity index (χ0v) is 9.91. The standard InChI is InChI=1S/C12H22N2O2/c13-7-4-11(15)14-8-3-6-12(10-14)5-1-2-9-16-12/h1-10,13H2/t12-/m1/s1. The Balaban J connectivity index is 1.94. The van der Waals surface area contributed by atoms with Crippen molar-refractivity contribution in [3.63, 3.8) is 0 Å². The van der Waals surface area contributed by atoms with Gasteiger partial charge >= 0.3 is 0 Å². The van der Waals surface area contributed by atoms with Gasteiger partial charge in [-0.1, -0.05) is 0 Å². The van der Waals surface area contributed by atoms with Crippen LogP contribution in [0, 0.1) is 0 Å². The van der Waals surface area contributed by atoms with Gasteiger partial charge in [0.25, 0.3) is 0 Å². The molecule has 2 heterocycles. The Bertz CT molecular complexity index is 244. The summed E-state index contributed by atoms with van der Waals surface area (Å²) in [6.45, 7) is 2.97. The first-order valence-electron chi connectivity index (χ1n) is 6.38. The molecule has 2 aliphatic heterocycles. The molecule has 16 heavy (non-hydrogen) atoms. The van der Waals surface area contributed by atoms with Crippen LogP contribution >= 0.6 is 0 Å². The van der Waals surface area contributed by atoms with Crippen molar-refractivity contribution in [1.82, 2.24) is 4.90 Å². The highest BCUT2D eigenvalue weighted by Crippen LogP contribution is 2.33. The van der Waals surface area contributed by atoms with E-state index in [9.17, 15) is 4.79 Å². The fourth-order valence-corrected chi connectivity index (χ4v) is 2.82. The highest BCUT2D eigenvalue weighted by molar-refractivity contribution is 5.76. The average Bonchev–Trinajstić information content (AvgIpc) is 2.30. The number of likely N-dealkylation sites (tertiary alicyclic amines) is 1. The third-order valence-corrected chi connectivity index (χ3v) is 3.69. The molecule has 2 saturated heterocycles. The van der Waals surface area contributed by atoms with Gasteiger partial charge in [0.1, 0.15) is 0 Å². The van der Waals surface area contributed by atoms with E-state index >= 15 is 0 Å². The molecule has 2 fully saturated rings. The van der Waals surface area contributed by atoms with Crippen LogP contribution in [0.1, 0.15) is 38.5 Å². The van der Waals surface area contributed by atoms with Gasteiger partial charge in [0.05, 0.1) is 5.60 Å². The van der Waals surface area contributed by atoms with Crippen molar-refractivity contribution in [2.75, 3.05) is 26.2 Å². The summed E-state index contributed by atoms with van der Waals surface area (Å²) < 4.78 is 5.94. The van der Waals surface area contributed by atoms with Crippen molar-refractivity contribution in [2.45, 2.75) is 44.1 Å². The first kappa shape index (κ1) is 11.9. The molecular formula is C12H22N2O2. The molecule has 92 valence electrons. The molecule has 4 heteroatoms. The molecule has 0 unspecified atom stereocenters. The number of piperidine rings is 1. The van der Waals surface area contributed by atoms with Crippen LogP contribution in [0.3, 0.4) is 0 Å².